The Morgan fingerprint density at radius 2 is 2.07 bits per heavy atom. The molecule has 2 aromatic rings. The minimum Gasteiger partial charge on any atom is -0.399 e. The molecule has 3 nitrogen and oxygen atoms in total. The molecule has 78 valence electrons. The average Bonchev–Trinajstić information content (AvgIpc) is 2.74. The van der Waals surface area contributed by atoms with Crippen molar-refractivity contribution in [2.75, 3.05) is 17.7 Å². The number of thiazole rings is 1. The van der Waals surface area contributed by atoms with Crippen molar-refractivity contribution in [3.8, 4) is 0 Å². The fraction of sp³-hybridized carbons (Fsp3) is 0.182. The van der Waals surface area contributed by atoms with Gasteiger partial charge in [0.15, 0.2) is 5.13 Å². The van der Waals surface area contributed by atoms with E-state index in [0.717, 1.165) is 17.4 Å². The molecule has 4 heteroatoms. The summed E-state index contributed by atoms with van der Waals surface area (Å²) < 4.78 is 0. The fourth-order valence-electron chi connectivity index (χ4n) is 1.37. The zero-order valence-corrected chi connectivity index (χ0v) is 9.37. The smallest absolute Gasteiger partial charge is 0.185 e. The molecule has 0 fully saturated rings. The van der Waals surface area contributed by atoms with E-state index in [1.807, 2.05) is 42.9 Å². The van der Waals surface area contributed by atoms with Crippen molar-refractivity contribution >= 4 is 22.2 Å². The van der Waals surface area contributed by atoms with Crippen molar-refractivity contribution in [2.45, 2.75) is 6.54 Å². The maximum Gasteiger partial charge on any atom is 0.185 e. The van der Waals surface area contributed by atoms with Crippen LogP contribution in [0.3, 0.4) is 0 Å². The number of hydrogen-bond donors (Lipinski definition) is 1. The summed E-state index contributed by atoms with van der Waals surface area (Å²) in [6.07, 6.45) is 1.82. The molecule has 0 bridgehead atoms. The third-order valence-electron chi connectivity index (χ3n) is 2.15. The van der Waals surface area contributed by atoms with E-state index < -0.39 is 0 Å². The van der Waals surface area contributed by atoms with E-state index >= 15 is 0 Å². The first-order valence-electron chi connectivity index (χ1n) is 4.71. The van der Waals surface area contributed by atoms with Gasteiger partial charge in [-0.25, -0.2) is 4.98 Å². The number of aromatic nitrogens is 1. The second kappa shape index (κ2) is 4.31. The Kier molecular flexibility index (Phi) is 2.87. The van der Waals surface area contributed by atoms with Crippen LogP contribution >= 0.6 is 11.3 Å². The highest BCUT2D eigenvalue weighted by atomic mass is 32.1. The highest BCUT2D eigenvalue weighted by molar-refractivity contribution is 7.13. The Bertz CT molecular complexity index is 408. The second-order valence-electron chi connectivity index (χ2n) is 3.41. The van der Waals surface area contributed by atoms with E-state index in [9.17, 15) is 0 Å². The number of benzene rings is 1. The monoisotopic (exact) mass is 219 g/mol. The van der Waals surface area contributed by atoms with Crippen LogP contribution in [0.25, 0.3) is 0 Å². The Labute approximate surface area is 93.2 Å². The number of nitrogens with zero attached hydrogens (tertiary/aromatic N) is 2. The van der Waals surface area contributed by atoms with Crippen LogP contribution in [0.1, 0.15) is 5.56 Å². The first-order valence-corrected chi connectivity index (χ1v) is 5.59. The maximum atomic E-state index is 5.63. The Morgan fingerprint density at radius 3 is 2.67 bits per heavy atom. The van der Waals surface area contributed by atoms with Crippen molar-refractivity contribution < 1.29 is 0 Å². The van der Waals surface area contributed by atoms with Gasteiger partial charge in [-0.05, 0) is 17.7 Å². The molecule has 0 saturated heterocycles. The lowest BCUT2D eigenvalue weighted by Crippen LogP contribution is -2.15. The van der Waals surface area contributed by atoms with Gasteiger partial charge >= 0.3 is 0 Å². The fourth-order valence-corrected chi connectivity index (χ4v) is 1.98. The van der Waals surface area contributed by atoms with Crippen molar-refractivity contribution in [1.82, 2.24) is 4.98 Å². The molecule has 1 aromatic heterocycles. The van der Waals surface area contributed by atoms with E-state index in [1.165, 1.54) is 5.56 Å². The molecule has 0 saturated carbocycles. The number of nitrogens with two attached hydrogens (primary N) is 1. The van der Waals surface area contributed by atoms with Crippen LogP contribution in [0.15, 0.2) is 35.8 Å². The summed E-state index contributed by atoms with van der Waals surface area (Å²) in [6, 6.07) is 7.93. The number of hydrogen-bond acceptors (Lipinski definition) is 4. The van der Waals surface area contributed by atoms with E-state index in [1.54, 1.807) is 11.3 Å². The topological polar surface area (TPSA) is 42.1 Å². The number of rotatable bonds is 3. The highest BCUT2D eigenvalue weighted by Crippen LogP contribution is 2.18. The third kappa shape index (κ3) is 2.47. The zero-order valence-electron chi connectivity index (χ0n) is 8.55. The minimum absolute atomic E-state index is 0.802. The molecule has 2 rings (SSSR count). The molecule has 0 atom stereocenters. The predicted octanol–water partition coefficient (Wildman–Crippen LogP) is 2.36. The summed E-state index contributed by atoms with van der Waals surface area (Å²) in [5.74, 6) is 0. The van der Waals surface area contributed by atoms with Crippen molar-refractivity contribution in [3.63, 3.8) is 0 Å². The standard InChI is InChI=1S/C11H13N3S/c1-14(11-13-6-7-15-11)8-9-2-4-10(12)5-3-9/h2-7H,8,12H2,1H3. The molecule has 1 heterocycles. The Hall–Kier alpha value is -1.55. The first-order chi connectivity index (χ1) is 7.25. The number of nitrogen functional groups attached to an aromatic ring is 1. The lowest BCUT2D eigenvalue weighted by atomic mass is 10.2. The molecule has 2 N–H and O–H groups in total. The van der Waals surface area contributed by atoms with Gasteiger partial charge in [0.1, 0.15) is 0 Å². The molecule has 0 aliphatic heterocycles. The zero-order chi connectivity index (χ0) is 10.7. The number of anilines is 2. The van der Waals surface area contributed by atoms with Gasteiger partial charge in [0.2, 0.25) is 0 Å². The van der Waals surface area contributed by atoms with Crippen LogP contribution in [0.4, 0.5) is 10.8 Å². The summed E-state index contributed by atoms with van der Waals surface area (Å²) in [5.41, 5.74) is 7.67. The molecule has 0 spiro atoms. The molecule has 0 radical (unpaired) electrons. The third-order valence-corrected chi connectivity index (χ3v) is 3.03. The summed E-state index contributed by atoms with van der Waals surface area (Å²) in [4.78, 5) is 6.37. The SMILES string of the molecule is CN(Cc1ccc(N)cc1)c1nccs1. The van der Waals surface area contributed by atoms with Gasteiger partial charge in [0.25, 0.3) is 0 Å². The predicted molar refractivity (Wildman–Crippen MR) is 65.1 cm³/mol. The largest absolute Gasteiger partial charge is 0.399 e. The van der Waals surface area contributed by atoms with E-state index in [0.29, 0.717) is 0 Å². The molecular weight excluding hydrogens is 206 g/mol. The van der Waals surface area contributed by atoms with E-state index in [-0.39, 0.29) is 0 Å². The van der Waals surface area contributed by atoms with E-state index in [4.69, 9.17) is 5.73 Å². The van der Waals surface area contributed by atoms with Gasteiger partial charge in [0, 0.05) is 30.9 Å². The normalized spacial score (nSPS) is 10.2. The van der Waals surface area contributed by atoms with Crippen molar-refractivity contribution in [2.24, 2.45) is 0 Å². The van der Waals surface area contributed by atoms with Gasteiger partial charge in [0.05, 0.1) is 0 Å². The average molecular weight is 219 g/mol. The summed E-state index contributed by atoms with van der Waals surface area (Å²) in [6.45, 7) is 0.855. The Balaban J connectivity index is 2.06. The molecule has 1 aromatic carbocycles. The molecule has 0 unspecified atom stereocenters. The van der Waals surface area contributed by atoms with Gasteiger partial charge in [-0.3, -0.25) is 0 Å². The van der Waals surface area contributed by atoms with Crippen LogP contribution in [0.5, 0.6) is 0 Å². The molecule has 0 aliphatic carbocycles. The Morgan fingerprint density at radius 1 is 1.33 bits per heavy atom. The highest BCUT2D eigenvalue weighted by Gasteiger charge is 2.03. The van der Waals surface area contributed by atoms with Crippen LogP contribution < -0.4 is 10.6 Å². The maximum absolute atomic E-state index is 5.63. The summed E-state index contributed by atoms with van der Waals surface area (Å²) >= 11 is 1.64. The van der Waals surface area contributed by atoms with Crippen LogP contribution in [0, 0.1) is 0 Å². The lowest BCUT2D eigenvalue weighted by Gasteiger charge is -2.15. The van der Waals surface area contributed by atoms with Gasteiger partial charge in [-0.1, -0.05) is 12.1 Å². The molecule has 0 amide bonds. The quantitative estimate of drug-likeness (QED) is 0.806. The van der Waals surface area contributed by atoms with Crippen LogP contribution in [-0.2, 0) is 6.54 Å². The lowest BCUT2D eigenvalue weighted by molar-refractivity contribution is 0.915. The summed E-state index contributed by atoms with van der Waals surface area (Å²) in [5, 5.41) is 3.02. The minimum atomic E-state index is 0.802. The summed E-state index contributed by atoms with van der Waals surface area (Å²) in [7, 11) is 2.04. The van der Waals surface area contributed by atoms with Gasteiger partial charge < -0.3 is 10.6 Å². The molecule has 0 aliphatic rings. The van der Waals surface area contributed by atoms with Crippen LogP contribution in [0.2, 0.25) is 0 Å². The first kappa shape index (κ1) is 9.98. The van der Waals surface area contributed by atoms with Crippen molar-refractivity contribution in [1.29, 1.82) is 0 Å². The molecule has 15 heavy (non-hydrogen) atoms. The second-order valence-corrected chi connectivity index (χ2v) is 4.29. The van der Waals surface area contributed by atoms with Crippen molar-refractivity contribution in [3.05, 3.63) is 41.4 Å². The molecular formula is C11H13N3S. The van der Waals surface area contributed by atoms with Gasteiger partial charge in [-0.15, -0.1) is 11.3 Å². The van der Waals surface area contributed by atoms with Gasteiger partial charge in [-0.2, -0.15) is 0 Å². The van der Waals surface area contributed by atoms with E-state index in [2.05, 4.69) is 9.88 Å². The van der Waals surface area contributed by atoms with Crippen LogP contribution in [-0.4, -0.2) is 12.0 Å².